The molecular weight excluding hydrogens is 219 g/mol. The third-order valence-electron chi connectivity index (χ3n) is 2.68. The Balaban J connectivity index is 2.12. The Morgan fingerprint density at radius 1 is 1.59 bits per heavy atom. The maximum atomic E-state index is 12.9. The minimum Gasteiger partial charge on any atom is -0.326 e. The Bertz CT molecular complexity index is 463. The zero-order chi connectivity index (χ0) is 12.3. The summed E-state index contributed by atoms with van der Waals surface area (Å²) in [5.74, 6) is 2.05. The van der Waals surface area contributed by atoms with Gasteiger partial charge >= 0.3 is 0 Å². The topological polar surface area (TPSA) is 33.2 Å². The molecule has 1 amide bonds. The zero-order valence-corrected chi connectivity index (χ0v) is 9.40. The van der Waals surface area contributed by atoms with Crippen LogP contribution in [0.5, 0.6) is 0 Å². The van der Waals surface area contributed by atoms with Crippen LogP contribution < -0.4 is 0 Å². The Morgan fingerprint density at radius 3 is 2.94 bits per heavy atom. The summed E-state index contributed by atoms with van der Waals surface area (Å²) in [7, 11) is 0. The summed E-state index contributed by atoms with van der Waals surface area (Å²) in [6, 6.07) is 4.19. The van der Waals surface area contributed by atoms with Crippen molar-refractivity contribution in [2.24, 2.45) is 5.92 Å². The van der Waals surface area contributed by atoms with E-state index in [0.717, 1.165) is 12.8 Å². The SMILES string of the molecule is C#CCN(CC1CC1)C(=O)c1cccc(F)n1. The lowest BCUT2D eigenvalue weighted by atomic mass is 10.3. The smallest absolute Gasteiger partial charge is 0.273 e. The Kier molecular flexibility index (Phi) is 3.38. The summed E-state index contributed by atoms with van der Waals surface area (Å²) >= 11 is 0. The summed E-state index contributed by atoms with van der Waals surface area (Å²) in [5.41, 5.74) is 0.112. The molecule has 3 nitrogen and oxygen atoms in total. The molecule has 2 rings (SSSR count). The molecule has 1 saturated carbocycles. The maximum absolute atomic E-state index is 12.9. The monoisotopic (exact) mass is 232 g/mol. The van der Waals surface area contributed by atoms with Gasteiger partial charge in [0.15, 0.2) is 0 Å². The van der Waals surface area contributed by atoms with Crippen LogP contribution in [-0.2, 0) is 0 Å². The normalized spacial score (nSPS) is 14.1. The number of carbonyl (C=O) groups is 1. The van der Waals surface area contributed by atoms with Crippen LogP contribution in [0.15, 0.2) is 18.2 Å². The number of pyridine rings is 1. The molecule has 0 aromatic carbocycles. The Morgan fingerprint density at radius 2 is 2.35 bits per heavy atom. The highest BCUT2D eigenvalue weighted by Gasteiger charge is 2.27. The fourth-order valence-corrected chi connectivity index (χ4v) is 1.63. The average molecular weight is 232 g/mol. The van der Waals surface area contributed by atoms with Crippen molar-refractivity contribution in [3.8, 4) is 12.3 Å². The molecule has 0 aliphatic heterocycles. The number of rotatable bonds is 4. The van der Waals surface area contributed by atoms with Crippen LogP contribution >= 0.6 is 0 Å². The Hall–Kier alpha value is -1.89. The fourth-order valence-electron chi connectivity index (χ4n) is 1.63. The highest BCUT2D eigenvalue weighted by Crippen LogP contribution is 2.29. The number of nitrogens with zero attached hydrogens (tertiary/aromatic N) is 2. The largest absolute Gasteiger partial charge is 0.326 e. The summed E-state index contributed by atoms with van der Waals surface area (Å²) < 4.78 is 12.9. The van der Waals surface area contributed by atoms with Crippen LogP contribution in [0.3, 0.4) is 0 Å². The van der Waals surface area contributed by atoms with Crippen LogP contribution in [0.2, 0.25) is 0 Å². The second-order valence-corrected chi connectivity index (χ2v) is 4.18. The van der Waals surface area contributed by atoms with Crippen LogP contribution in [0.4, 0.5) is 4.39 Å². The molecule has 0 radical (unpaired) electrons. The Labute approximate surface area is 99.7 Å². The predicted octanol–water partition coefficient (Wildman–Crippen LogP) is 1.71. The van der Waals surface area contributed by atoms with Crippen molar-refractivity contribution in [2.75, 3.05) is 13.1 Å². The first-order valence-corrected chi connectivity index (χ1v) is 5.56. The lowest BCUT2D eigenvalue weighted by molar-refractivity contribution is 0.0762. The molecule has 0 N–H and O–H groups in total. The van der Waals surface area contributed by atoms with Crippen molar-refractivity contribution in [1.29, 1.82) is 0 Å². The molecule has 88 valence electrons. The van der Waals surface area contributed by atoms with E-state index in [1.807, 2.05) is 0 Å². The van der Waals surface area contributed by atoms with E-state index in [4.69, 9.17) is 6.42 Å². The zero-order valence-electron chi connectivity index (χ0n) is 9.40. The molecule has 17 heavy (non-hydrogen) atoms. The number of aromatic nitrogens is 1. The van der Waals surface area contributed by atoms with E-state index in [9.17, 15) is 9.18 Å². The van der Waals surface area contributed by atoms with Crippen LogP contribution in [-0.4, -0.2) is 28.9 Å². The third-order valence-corrected chi connectivity index (χ3v) is 2.68. The molecule has 1 aromatic rings. The summed E-state index contributed by atoms with van der Waals surface area (Å²) in [6.45, 7) is 0.884. The van der Waals surface area contributed by atoms with Gasteiger partial charge in [-0.05, 0) is 30.9 Å². The van der Waals surface area contributed by atoms with Gasteiger partial charge < -0.3 is 4.90 Å². The lowest BCUT2D eigenvalue weighted by Gasteiger charge is -2.19. The van der Waals surface area contributed by atoms with Crippen LogP contribution in [0, 0.1) is 24.2 Å². The second-order valence-electron chi connectivity index (χ2n) is 4.18. The number of terminal acetylenes is 1. The van der Waals surface area contributed by atoms with Gasteiger partial charge in [0.1, 0.15) is 5.69 Å². The second kappa shape index (κ2) is 4.96. The molecule has 1 aliphatic carbocycles. The molecule has 4 heteroatoms. The van der Waals surface area contributed by atoms with E-state index in [2.05, 4.69) is 10.9 Å². The summed E-state index contributed by atoms with van der Waals surface area (Å²) in [4.78, 5) is 17.2. The average Bonchev–Trinajstić information content (AvgIpc) is 3.11. The molecule has 0 saturated heterocycles. The van der Waals surface area contributed by atoms with Gasteiger partial charge in [0.2, 0.25) is 5.95 Å². The third kappa shape index (κ3) is 3.04. The standard InChI is InChI=1S/C13H13FN2O/c1-2-8-16(9-10-6-7-10)13(17)11-4-3-5-12(14)15-11/h1,3-5,10H,6-9H2. The molecule has 1 fully saturated rings. The molecule has 0 atom stereocenters. The molecule has 0 spiro atoms. The molecular formula is C13H13FN2O. The lowest BCUT2D eigenvalue weighted by Crippen LogP contribution is -2.34. The number of hydrogen-bond acceptors (Lipinski definition) is 2. The van der Waals surface area contributed by atoms with Crippen molar-refractivity contribution in [1.82, 2.24) is 9.88 Å². The fraction of sp³-hybridized carbons (Fsp3) is 0.385. The van der Waals surface area contributed by atoms with Crippen molar-refractivity contribution >= 4 is 5.91 Å². The van der Waals surface area contributed by atoms with Crippen molar-refractivity contribution in [3.05, 3.63) is 29.8 Å². The molecule has 1 heterocycles. The van der Waals surface area contributed by atoms with Gasteiger partial charge in [0, 0.05) is 6.54 Å². The van der Waals surface area contributed by atoms with Gasteiger partial charge in [-0.15, -0.1) is 6.42 Å². The number of hydrogen-bond donors (Lipinski definition) is 0. The summed E-state index contributed by atoms with van der Waals surface area (Å²) in [5, 5.41) is 0. The molecule has 0 bridgehead atoms. The molecule has 1 aliphatic rings. The van der Waals surface area contributed by atoms with E-state index in [1.165, 1.54) is 18.2 Å². The minimum atomic E-state index is -0.650. The number of halogens is 1. The number of amides is 1. The van der Waals surface area contributed by atoms with E-state index in [1.54, 1.807) is 4.90 Å². The van der Waals surface area contributed by atoms with Gasteiger partial charge in [-0.1, -0.05) is 12.0 Å². The van der Waals surface area contributed by atoms with Crippen molar-refractivity contribution in [2.45, 2.75) is 12.8 Å². The number of carbonyl (C=O) groups excluding carboxylic acids is 1. The van der Waals surface area contributed by atoms with E-state index in [0.29, 0.717) is 12.5 Å². The van der Waals surface area contributed by atoms with E-state index in [-0.39, 0.29) is 18.1 Å². The van der Waals surface area contributed by atoms with Gasteiger partial charge in [-0.3, -0.25) is 4.79 Å². The first-order valence-electron chi connectivity index (χ1n) is 5.56. The molecule has 0 unspecified atom stereocenters. The first kappa shape index (κ1) is 11.6. The van der Waals surface area contributed by atoms with E-state index < -0.39 is 5.95 Å². The van der Waals surface area contributed by atoms with Gasteiger partial charge in [-0.2, -0.15) is 4.39 Å². The highest BCUT2D eigenvalue weighted by molar-refractivity contribution is 5.92. The predicted molar refractivity (Wildman–Crippen MR) is 61.7 cm³/mol. The molecule has 1 aromatic heterocycles. The van der Waals surface area contributed by atoms with Gasteiger partial charge in [0.05, 0.1) is 6.54 Å². The summed E-state index contributed by atoms with van der Waals surface area (Å²) in [6.07, 6.45) is 7.49. The maximum Gasteiger partial charge on any atom is 0.273 e. The van der Waals surface area contributed by atoms with Crippen molar-refractivity contribution < 1.29 is 9.18 Å². The van der Waals surface area contributed by atoms with E-state index >= 15 is 0 Å². The van der Waals surface area contributed by atoms with Crippen molar-refractivity contribution in [3.63, 3.8) is 0 Å². The first-order chi connectivity index (χ1) is 8.20. The van der Waals surface area contributed by atoms with Crippen LogP contribution in [0.1, 0.15) is 23.3 Å². The van der Waals surface area contributed by atoms with Gasteiger partial charge in [0.25, 0.3) is 5.91 Å². The van der Waals surface area contributed by atoms with Crippen LogP contribution in [0.25, 0.3) is 0 Å². The van der Waals surface area contributed by atoms with Gasteiger partial charge in [-0.25, -0.2) is 4.98 Å². The quantitative estimate of drug-likeness (QED) is 0.585. The highest BCUT2D eigenvalue weighted by atomic mass is 19.1. The minimum absolute atomic E-state index is 0.112.